The highest BCUT2D eigenvalue weighted by Gasteiger charge is 2.32. The average molecular weight is 529 g/mol. The quantitative estimate of drug-likeness (QED) is 0.496. The number of amides is 1. The number of alkyl halides is 6. The zero-order chi connectivity index (χ0) is 25.5. The topological polar surface area (TPSA) is 103 Å². The fourth-order valence-electron chi connectivity index (χ4n) is 2.68. The van der Waals surface area contributed by atoms with Gasteiger partial charge in [-0.3, -0.25) is 4.79 Å². The Labute approximate surface area is 192 Å². The molecule has 3 aromatic rings. The van der Waals surface area contributed by atoms with Gasteiger partial charge < -0.3 is 4.74 Å². The van der Waals surface area contributed by atoms with Crippen LogP contribution in [0.2, 0.25) is 5.02 Å². The van der Waals surface area contributed by atoms with E-state index in [0.29, 0.717) is 24.3 Å². The van der Waals surface area contributed by atoms with E-state index >= 15 is 0 Å². The summed E-state index contributed by atoms with van der Waals surface area (Å²) in [5.74, 6) is -1.86. The molecule has 2 aromatic carbocycles. The van der Waals surface area contributed by atoms with Crippen LogP contribution in [-0.4, -0.2) is 35.7 Å². The lowest BCUT2D eigenvalue weighted by atomic mass is 10.2. The highest BCUT2D eigenvalue weighted by atomic mass is 35.5. The van der Waals surface area contributed by atoms with Crippen molar-refractivity contribution < 1.29 is 44.3 Å². The van der Waals surface area contributed by atoms with E-state index in [4.69, 9.17) is 11.6 Å². The van der Waals surface area contributed by atoms with Gasteiger partial charge in [-0.05, 0) is 43.3 Å². The van der Waals surface area contributed by atoms with Crippen LogP contribution in [0.5, 0.6) is 5.75 Å². The highest BCUT2D eigenvalue weighted by Crippen LogP contribution is 2.31. The van der Waals surface area contributed by atoms with Gasteiger partial charge in [0.25, 0.3) is 15.9 Å². The van der Waals surface area contributed by atoms with Crippen molar-refractivity contribution in [2.75, 3.05) is 0 Å². The van der Waals surface area contributed by atoms with Crippen LogP contribution in [0.3, 0.4) is 0 Å². The molecule has 0 unspecified atom stereocenters. The first kappa shape index (κ1) is 25.3. The summed E-state index contributed by atoms with van der Waals surface area (Å²) in [4.78, 5) is 11.8. The molecule has 0 spiro atoms. The first-order chi connectivity index (χ1) is 15.6. The highest BCUT2D eigenvalue weighted by molar-refractivity contribution is 7.90. The van der Waals surface area contributed by atoms with Gasteiger partial charge in [-0.15, -0.1) is 18.3 Å². The molecule has 3 rings (SSSR count). The molecule has 16 heteroatoms. The van der Waals surface area contributed by atoms with E-state index in [0.717, 1.165) is 22.9 Å². The molecule has 0 saturated carbocycles. The first-order valence-corrected chi connectivity index (χ1v) is 10.7. The Morgan fingerprint density at radius 1 is 1.06 bits per heavy atom. The fourth-order valence-corrected chi connectivity index (χ4v) is 3.88. The molecule has 1 amide bonds. The van der Waals surface area contributed by atoms with E-state index in [1.165, 1.54) is 6.92 Å². The molecule has 0 saturated heterocycles. The molecule has 0 aliphatic heterocycles. The molecule has 0 radical (unpaired) electrons. The largest absolute Gasteiger partial charge is 0.573 e. The minimum absolute atomic E-state index is 0.00541. The number of nitrogens with one attached hydrogen (secondary N) is 1. The summed E-state index contributed by atoms with van der Waals surface area (Å²) in [5.41, 5.74) is -1.60. The number of benzene rings is 2. The number of ether oxygens (including phenoxy) is 1. The molecule has 1 N–H and O–H groups in total. The van der Waals surface area contributed by atoms with Crippen LogP contribution < -0.4 is 9.46 Å². The van der Waals surface area contributed by atoms with Gasteiger partial charge in [0.15, 0.2) is 5.69 Å². The zero-order valence-corrected chi connectivity index (χ0v) is 18.1. The van der Waals surface area contributed by atoms with Crippen LogP contribution in [-0.2, 0) is 16.2 Å². The van der Waals surface area contributed by atoms with Gasteiger partial charge in [0, 0.05) is 6.07 Å². The summed E-state index contributed by atoms with van der Waals surface area (Å²) < 4.78 is 106. The Morgan fingerprint density at radius 3 is 2.21 bits per heavy atom. The van der Waals surface area contributed by atoms with Gasteiger partial charge in [-0.1, -0.05) is 16.8 Å². The van der Waals surface area contributed by atoms with Crippen molar-refractivity contribution in [2.24, 2.45) is 0 Å². The molecule has 0 fully saturated rings. The van der Waals surface area contributed by atoms with E-state index in [2.05, 4.69) is 15.0 Å². The minimum atomic E-state index is -4.95. The number of aromatic nitrogens is 3. The maximum Gasteiger partial charge on any atom is 0.573 e. The molecule has 34 heavy (non-hydrogen) atoms. The smallest absolute Gasteiger partial charge is 0.406 e. The molecule has 0 aliphatic rings. The number of hydrogen-bond donors (Lipinski definition) is 1. The van der Waals surface area contributed by atoms with Gasteiger partial charge in [-0.25, -0.2) is 17.8 Å². The number of sulfonamides is 1. The predicted molar refractivity (Wildman–Crippen MR) is 104 cm³/mol. The molecule has 1 heterocycles. The van der Waals surface area contributed by atoms with Crippen LogP contribution in [0.4, 0.5) is 26.3 Å². The second-order valence-corrected chi connectivity index (χ2v) is 8.64. The maximum absolute atomic E-state index is 12.7. The van der Waals surface area contributed by atoms with E-state index in [1.54, 1.807) is 4.72 Å². The Hall–Kier alpha value is -3.33. The average Bonchev–Trinajstić information content (AvgIpc) is 3.07. The van der Waals surface area contributed by atoms with Crippen molar-refractivity contribution in [3.63, 3.8) is 0 Å². The van der Waals surface area contributed by atoms with Crippen LogP contribution in [0.1, 0.15) is 21.7 Å². The fraction of sp³-hybridized carbons (Fsp3) is 0.167. The predicted octanol–water partition coefficient (Wildman–Crippen LogP) is 4.27. The Balaban J connectivity index is 1.83. The summed E-state index contributed by atoms with van der Waals surface area (Å²) in [6.45, 7) is 1.30. The molecule has 1 aromatic heterocycles. The Kier molecular flexibility index (Phi) is 6.54. The lowest BCUT2D eigenvalue weighted by Crippen LogP contribution is -2.31. The number of hydrogen-bond acceptors (Lipinski definition) is 6. The van der Waals surface area contributed by atoms with E-state index in [9.17, 15) is 39.6 Å². The van der Waals surface area contributed by atoms with Crippen molar-refractivity contribution in [2.45, 2.75) is 24.4 Å². The number of rotatable bonds is 5. The third-order valence-corrected chi connectivity index (χ3v) is 5.86. The van der Waals surface area contributed by atoms with Gasteiger partial charge in [0.05, 0.1) is 26.9 Å². The van der Waals surface area contributed by atoms with E-state index < -0.39 is 50.4 Å². The summed E-state index contributed by atoms with van der Waals surface area (Å²) in [7, 11) is -4.57. The number of carbonyl (C=O) groups is 1. The van der Waals surface area contributed by atoms with Crippen LogP contribution >= 0.6 is 11.6 Å². The lowest BCUT2D eigenvalue weighted by molar-refractivity contribution is -0.274. The summed E-state index contributed by atoms with van der Waals surface area (Å²) in [6.07, 6.45) is -9.63. The molecule has 8 nitrogen and oxygen atoms in total. The molecule has 0 bridgehead atoms. The summed E-state index contributed by atoms with van der Waals surface area (Å²) >= 11 is 5.97. The van der Waals surface area contributed by atoms with Crippen molar-refractivity contribution >= 4 is 27.5 Å². The number of nitrogens with zero attached hydrogens (tertiary/aromatic N) is 3. The third-order valence-electron chi connectivity index (χ3n) is 4.21. The molecular weight excluding hydrogens is 518 g/mol. The van der Waals surface area contributed by atoms with Gasteiger partial charge in [-0.2, -0.15) is 13.2 Å². The van der Waals surface area contributed by atoms with Crippen molar-refractivity contribution in [3.05, 3.63) is 64.4 Å². The van der Waals surface area contributed by atoms with Gasteiger partial charge in [0.1, 0.15) is 5.75 Å². The Bertz CT molecular complexity index is 1340. The zero-order valence-electron chi connectivity index (χ0n) is 16.6. The second-order valence-electron chi connectivity index (χ2n) is 6.55. The Morgan fingerprint density at radius 2 is 1.68 bits per heavy atom. The maximum atomic E-state index is 12.7. The minimum Gasteiger partial charge on any atom is -0.406 e. The third kappa shape index (κ3) is 5.59. The standard InChI is InChI=1S/C18H11ClF6N4O4S/c1-9-15(16(30)27-34(31,32)12-5-2-10(3-6-12)17(20,21)22)26-28-29(9)14-7-4-11(8-13(14)19)33-18(23,24)25/h2-8H,1H3,(H,27,30). The first-order valence-electron chi connectivity index (χ1n) is 8.81. The van der Waals surface area contributed by atoms with Crippen LogP contribution in [0.25, 0.3) is 5.69 Å². The molecule has 182 valence electrons. The van der Waals surface area contributed by atoms with Crippen molar-refractivity contribution in [1.82, 2.24) is 19.7 Å². The van der Waals surface area contributed by atoms with Crippen LogP contribution in [0.15, 0.2) is 47.4 Å². The van der Waals surface area contributed by atoms with Gasteiger partial charge >= 0.3 is 12.5 Å². The number of carbonyl (C=O) groups excluding carboxylic acids is 1. The van der Waals surface area contributed by atoms with Crippen molar-refractivity contribution in [1.29, 1.82) is 0 Å². The van der Waals surface area contributed by atoms with Gasteiger partial charge in [0.2, 0.25) is 0 Å². The van der Waals surface area contributed by atoms with E-state index in [1.807, 2.05) is 0 Å². The second kappa shape index (κ2) is 8.79. The molecule has 0 atom stereocenters. The molecular formula is C18H11ClF6N4O4S. The monoisotopic (exact) mass is 528 g/mol. The SMILES string of the molecule is Cc1c(C(=O)NS(=O)(=O)c2ccc(C(F)(F)F)cc2)nnn1-c1ccc(OC(F)(F)F)cc1Cl. The number of halogens is 7. The van der Waals surface area contributed by atoms with E-state index in [-0.39, 0.29) is 16.4 Å². The summed E-state index contributed by atoms with van der Waals surface area (Å²) in [6, 6.07) is 5.30. The normalized spacial score (nSPS) is 12.5. The summed E-state index contributed by atoms with van der Waals surface area (Å²) in [5, 5.41) is 6.96. The van der Waals surface area contributed by atoms with Crippen LogP contribution in [0, 0.1) is 6.92 Å². The lowest BCUT2D eigenvalue weighted by Gasteiger charge is -2.11. The molecule has 0 aliphatic carbocycles. The van der Waals surface area contributed by atoms with Crippen molar-refractivity contribution in [3.8, 4) is 11.4 Å².